The number of hydrogen-bond acceptors (Lipinski definition) is 4. The lowest BCUT2D eigenvalue weighted by atomic mass is 10.1. The fourth-order valence-electron chi connectivity index (χ4n) is 2.10. The van der Waals surface area contributed by atoms with Gasteiger partial charge in [-0.3, -0.25) is 4.68 Å². The van der Waals surface area contributed by atoms with Crippen molar-refractivity contribution in [1.29, 1.82) is 0 Å². The number of ether oxygens (including phenoxy) is 1. The van der Waals surface area contributed by atoms with E-state index in [1.165, 1.54) is 17.0 Å². The van der Waals surface area contributed by atoms with Crippen LogP contribution in [0.25, 0.3) is 6.08 Å². The summed E-state index contributed by atoms with van der Waals surface area (Å²) in [7, 11) is 0. The standard InChI is InChI=1S/C16H16N2O5/c1-2-23-9-8-12-13(15(19)20)17-18(14(12)16(21)22)10-11-6-4-3-5-7-11/h3-9H,2,10H2,1H3,(H,19,20)(H,21,22)/b9-8+. The molecule has 120 valence electrons. The Hall–Kier alpha value is -3.09. The number of carboxylic acids is 2. The van der Waals surface area contributed by atoms with E-state index in [0.717, 1.165) is 5.56 Å². The summed E-state index contributed by atoms with van der Waals surface area (Å²) in [4.78, 5) is 22.9. The van der Waals surface area contributed by atoms with Crippen molar-refractivity contribution in [1.82, 2.24) is 9.78 Å². The normalized spacial score (nSPS) is 10.8. The maximum atomic E-state index is 11.6. The second kappa shape index (κ2) is 7.26. The van der Waals surface area contributed by atoms with Crippen molar-refractivity contribution in [2.24, 2.45) is 0 Å². The maximum absolute atomic E-state index is 11.6. The van der Waals surface area contributed by atoms with E-state index in [2.05, 4.69) is 5.10 Å². The Morgan fingerprint density at radius 2 is 1.91 bits per heavy atom. The summed E-state index contributed by atoms with van der Waals surface area (Å²) in [6, 6.07) is 9.08. The third-order valence-corrected chi connectivity index (χ3v) is 3.07. The number of nitrogens with zero attached hydrogens (tertiary/aromatic N) is 2. The summed E-state index contributed by atoms with van der Waals surface area (Å²) in [6.07, 6.45) is 2.58. The van der Waals surface area contributed by atoms with E-state index >= 15 is 0 Å². The number of aromatic nitrogens is 2. The molecular formula is C16H16N2O5. The van der Waals surface area contributed by atoms with Crippen LogP contribution in [-0.4, -0.2) is 38.5 Å². The highest BCUT2D eigenvalue weighted by Crippen LogP contribution is 2.19. The highest BCUT2D eigenvalue weighted by Gasteiger charge is 2.25. The Morgan fingerprint density at radius 3 is 2.48 bits per heavy atom. The minimum Gasteiger partial charge on any atom is -0.501 e. The van der Waals surface area contributed by atoms with E-state index < -0.39 is 11.9 Å². The van der Waals surface area contributed by atoms with Crippen molar-refractivity contribution >= 4 is 18.0 Å². The molecule has 1 aromatic heterocycles. The first-order valence-electron chi connectivity index (χ1n) is 6.94. The molecule has 0 saturated carbocycles. The summed E-state index contributed by atoms with van der Waals surface area (Å²) >= 11 is 0. The Morgan fingerprint density at radius 1 is 1.22 bits per heavy atom. The number of benzene rings is 1. The Kier molecular flexibility index (Phi) is 5.14. The molecule has 0 fully saturated rings. The molecule has 0 amide bonds. The first-order valence-corrected chi connectivity index (χ1v) is 6.94. The molecule has 7 nitrogen and oxygen atoms in total. The molecule has 2 rings (SSSR count). The van der Waals surface area contributed by atoms with Crippen LogP contribution in [0.4, 0.5) is 0 Å². The monoisotopic (exact) mass is 316 g/mol. The van der Waals surface area contributed by atoms with Gasteiger partial charge in [0.15, 0.2) is 11.4 Å². The van der Waals surface area contributed by atoms with E-state index in [4.69, 9.17) is 4.74 Å². The largest absolute Gasteiger partial charge is 0.501 e. The molecule has 1 aromatic carbocycles. The molecule has 0 saturated heterocycles. The molecule has 7 heteroatoms. The van der Waals surface area contributed by atoms with Crippen molar-refractivity contribution in [3.05, 3.63) is 59.1 Å². The summed E-state index contributed by atoms with van der Waals surface area (Å²) < 4.78 is 6.20. The highest BCUT2D eigenvalue weighted by molar-refractivity contribution is 5.98. The van der Waals surface area contributed by atoms with Gasteiger partial charge in [-0.1, -0.05) is 30.3 Å². The average Bonchev–Trinajstić information content (AvgIpc) is 2.87. The number of hydrogen-bond donors (Lipinski definition) is 2. The lowest BCUT2D eigenvalue weighted by Gasteiger charge is -2.05. The summed E-state index contributed by atoms with van der Waals surface area (Å²) in [5, 5.41) is 22.6. The predicted molar refractivity (Wildman–Crippen MR) is 82.3 cm³/mol. The molecule has 0 unspecified atom stereocenters. The fraction of sp³-hybridized carbons (Fsp3) is 0.188. The number of aromatic carboxylic acids is 2. The fourth-order valence-corrected chi connectivity index (χ4v) is 2.10. The van der Waals surface area contributed by atoms with Crippen LogP contribution >= 0.6 is 0 Å². The third-order valence-electron chi connectivity index (χ3n) is 3.07. The van der Waals surface area contributed by atoms with Crippen molar-refractivity contribution in [2.75, 3.05) is 6.61 Å². The van der Waals surface area contributed by atoms with Gasteiger partial charge in [-0.25, -0.2) is 9.59 Å². The minimum atomic E-state index is -1.30. The Bertz CT molecular complexity index is 734. The Labute approximate surface area is 132 Å². The van der Waals surface area contributed by atoms with Gasteiger partial charge in [-0.05, 0) is 18.6 Å². The number of carbonyl (C=O) groups is 2. The second-order valence-corrected chi connectivity index (χ2v) is 4.62. The van der Waals surface area contributed by atoms with Crippen molar-refractivity contribution < 1.29 is 24.5 Å². The van der Waals surface area contributed by atoms with Gasteiger partial charge in [0.25, 0.3) is 0 Å². The molecule has 2 aromatic rings. The molecule has 0 radical (unpaired) electrons. The maximum Gasteiger partial charge on any atom is 0.357 e. The molecule has 0 atom stereocenters. The molecule has 2 N–H and O–H groups in total. The SMILES string of the molecule is CCO/C=C/c1c(C(=O)O)nn(Cc2ccccc2)c1C(=O)O. The van der Waals surface area contributed by atoms with Crippen LogP contribution in [0.3, 0.4) is 0 Å². The van der Waals surface area contributed by atoms with Crippen molar-refractivity contribution in [3.63, 3.8) is 0 Å². The number of carboxylic acid groups (broad SMARTS) is 2. The van der Waals surface area contributed by atoms with Gasteiger partial charge < -0.3 is 14.9 Å². The van der Waals surface area contributed by atoms with E-state index in [9.17, 15) is 19.8 Å². The van der Waals surface area contributed by atoms with Crippen LogP contribution in [-0.2, 0) is 11.3 Å². The summed E-state index contributed by atoms with van der Waals surface area (Å²) in [5.74, 6) is -2.55. The van der Waals surface area contributed by atoms with Gasteiger partial charge in [0.05, 0.1) is 19.4 Å². The van der Waals surface area contributed by atoms with Crippen LogP contribution in [0, 0.1) is 0 Å². The van der Waals surface area contributed by atoms with E-state index in [1.807, 2.05) is 30.3 Å². The van der Waals surface area contributed by atoms with E-state index in [1.54, 1.807) is 6.92 Å². The zero-order valence-electron chi connectivity index (χ0n) is 12.5. The van der Waals surface area contributed by atoms with Gasteiger partial charge in [-0.15, -0.1) is 0 Å². The van der Waals surface area contributed by atoms with E-state index in [0.29, 0.717) is 6.61 Å². The molecule has 0 aliphatic rings. The minimum absolute atomic E-state index is 0.00869. The van der Waals surface area contributed by atoms with Crippen molar-refractivity contribution in [3.8, 4) is 0 Å². The van der Waals surface area contributed by atoms with Crippen LogP contribution in [0.5, 0.6) is 0 Å². The van der Waals surface area contributed by atoms with Gasteiger partial charge in [0, 0.05) is 5.56 Å². The molecule has 1 heterocycles. The summed E-state index contributed by atoms with van der Waals surface area (Å²) in [5.41, 5.74) is 0.306. The molecule has 0 bridgehead atoms. The van der Waals surface area contributed by atoms with Gasteiger partial charge in [-0.2, -0.15) is 5.10 Å². The van der Waals surface area contributed by atoms with Crippen LogP contribution in [0.15, 0.2) is 36.6 Å². The predicted octanol–water partition coefficient (Wildman–Crippen LogP) is 2.33. The molecule has 0 aliphatic carbocycles. The highest BCUT2D eigenvalue weighted by atomic mass is 16.5. The van der Waals surface area contributed by atoms with Crippen molar-refractivity contribution in [2.45, 2.75) is 13.5 Å². The van der Waals surface area contributed by atoms with Crippen LogP contribution in [0.2, 0.25) is 0 Å². The average molecular weight is 316 g/mol. The zero-order chi connectivity index (χ0) is 16.8. The van der Waals surface area contributed by atoms with Gasteiger partial charge in [0.1, 0.15) is 0 Å². The van der Waals surface area contributed by atoms with Gasteiger partial charge in [0.2, 0.25) is 0 Å². The van der Waals surface area contributed by atoms with E-state index in [-0.39, 0.29) is 23.5 Å². The second-order valence-electron chi connectivity index (χ2n) is 4.62. The van der Waals surface area contributed by atoms with Crippen LogP contribution in [0.1, 0.15) is 39.0 Å². The lowest BCUT2D eigenvalue weighted by molar-refractivity contribution is 0.0676. The first-order chi connectivity index (χ1) is 11.0. The molecular weight excluding hydrogens is 300 g/mol. The first kappa shape index (κ1) is 16.3. The number of rotatable bonds is 7. The quantitative estimate of drug-likeness (QED) is 0.760. The van der Waals surface area contributed by atoms with Gasteiger partial charge >= 0.3 is 11.9 Å². The zero-order valence-corrected chi connectivity index (χ0v) is 12.5. The third kappa shape index (κ3) is 3.76. The lowest BCUT2D eigenvalue weighted by Crippen LogP contribution is -2.12. The molecule has 0 aliphatic heterocycles. The Balaban J connectivity index is 2.51. The molecule has 0 spiro atoms. The topological polar surface area (TPSA) is 102 Å². The summed E-state index contributed by atoms with van der Waals surface area (Å²) in [6.45, 7) is 2.31. The van der Waals surface area contributed by atoms with Crippen LogP contribution < -0.4 is 0 Å². The smallest absolute Gasteiger partial charge is 0.357 e. The molecule has 23 heavy (non-hydrogen) atoms.